The molecular weight excluding hydrogens is 328 g/mol. The third-order valence-electron chi connectivity index (χ3n) is 5.71. The Morgan fingerprint density at radius 1 is 1.38 bits per heavy atom. The van der Waals surface area contributed by atoms with E-state index in [1.54, 1.807) is 12.5 Å². The van der Waals surface area contributed by atoms with Crippen molar-refractivity contribution < 1.29 is 9.53 Å². The van der Waals surface area contributed by atoms with Crippen molar-refractivity contribution in [2.24, 2.45) is 11.1 Å². The van der Waals surface area contributed by atoms with Crippen LogP contribution in [0.15, 0.2) is 43.0 Å². The molecule has 3 rings (SSSR count). The first-order valence-corrected chi connectivity index (χ1v) is 9.10. The Hall–Kier alpha value is -2.18. The number of hydrogen-bond donors (Lipinski definition) is 2. The van der Waals surface area contributed by atoms with E-state index in [4.69, 9.17) is 10.5 Å². The SMILES string of the molecule is CCOC1CC(N)(C(=O)NCc2ccccc2Cn2ccnc2)C1(C)C. The maximum Gasteiger partial charge on any atom is 0.241 e. The Morgan fingerprint density at radius 2 is 2.12 bits per heavy atom. The molecule has 1 aliphatic rings. The summed E-state index contributed by atoms with van der Waals surface area (Å²) in [4.78, 5) is 16.9. The van der Waals surface area contributed by atoms with Crippen LogP contribution in [0.1, 0.15) is 38.3 Å². The van der Waals surface area contributed by atoms with Crippen molar-refractivity contribution in [1.29, 1.82) is 0 Å². The fourth-order valence-electron chi connectivity index (χ4n) is 3.61. The Morgan fingerprint density at radius 3 is 2.73 bits per heavy atom. The van der Waals surface area contributed by atoms with Gasteiger partial charge in [-0.2, -0.15) is 0 Å². The Labute approximate surface area is 154 Å². The van der Waals surface area contributed by atoms with Gasteiger partial charge in [0.2, 0.25) is 5.91 Å². The molecule has 2 aromatic rings. The lowest BCUT2D eigenvalue weighted by Gasteiger charge is -2.57. The number of aromatic nitrogens is 2. The molecule has 26 heavy (non-hydrogen) atoms. The topological polar surface area (TPSA) is 82.2 Å². The molecule has 6 nitrogen and oxygen atoms in total. The summed E-state index contributed by atoms with van der Waals surface area (Å²) in [5.41, 5.74) is 7.40. The van der Waals surface area contributed by atoms with Crippen LogP contribution in [0, 0.1) is 5.41 Å². The molecule has 1 fully saturated rings. The largest absolute Gasteiger partial charge is 0.378 e. The third-order valence-corrected chi connectivity index (χ3v) is 5.71. The molecule has 1 saturated carbocycles. The number of carbonyl (C=O) groups excluding carboxylic acids is 1. The van der Waals surface area contributed by atoms with E-state index in [-0.39, 0.29) is 17.4 Å². The van der Waals surface area contributed by atoms with Crippen LogP contribution in [-0.4, -0.2) is 33.7 Å². The molecule has 0 saturated heterocycles. The average Bonchev–Trinajstić information content (AvgIpc) is 3.13. The van der Waals surface area contributed by atoms with Crippen LogP contribution >= 0.6 is 0 Å². The van der Waals surface area contributed by atoms with Crippen LogP contribution in [0.2, 0.25) is 0 Å². The Kier molecular flexibility index (Phi) is 5.16. The second-order valence-electron chi connectivity index (χ2n) is 7.53. The first kappa shape index (κ1) is 18.6. The molecule has 140 valence electrons. The van der Waals surface area contributed by atoms with E-state index in [0.717, 1.165) is 17.7 Å². The lowest BCUT2D eigenvalue weighted by Crippen LogP contribution is -2.75. The second-order valence-corrected chi connectivity index (χ2v) is 7.53. The molecule has 0 bridgehead atoms. The zero-order valence-electron chi connectivity index (χ0n) is 15.7. The van der Waals surface area contributed by atoms with Crippen molar-refractivity contribution in [3.05, 3.63) is 54.1 Å². The molecule has 1 amide bonds. The van der Waals surface area contributed by atoms with Gasteiger partial charge in [0.15, 0.2) is 0 Å². The predicted molar refractivity (Wildman–Crippen MR) is 100 cm³/mol. The van der Waals surface area contributed by atoms with E-state index in [0.29, 0.717) is 19.6 Å². The van der Waals surface area contributed by atoms with Crippen molar-refractivity contribution >= 4 is 5.91 Å². The van der Waals surface area contributed by atoms with Gasteiger partial charge in [0, 0.05) is 43.9 Å². The normalized spacial score (nSPS) is 24.1. The second kappa shape index (κ2) is 7.21. The molecule has 3 N–H and O–H groups in total. The molecule has 1 aliphatic carbocycles. The van der Waals surface area contributed by atoms with E-state index < -0.39 is 5.54 Å². The summed E-state index contributed by atoms with van der Waals surface area (Å²) in [6.45, 7) is 7.78. The summed E-state index contributed by atoms with van der Waals surface area (Å²) in [6, 6.07) is 8.09. The molecule has 6 heteroatoms. The highest BCUT2D eigenvalue weighted by atomic mass is 16.5. The number of nitrogens with one attached hydrogen (secondary N) is 1. The summed E-state index contributed by atoms with van der Waals surface area (Å²) < 4.78 is 7.72. The zero-order valence-corrected chi connectivity index (χ0v) is 15.7. The van der Waals surface area contributed by atoms with E-state index in [1.807, 2.05) is 49.7 Å². The van der Waals surface area contributed by atoms with Gasteiger partial charge >= 0.3 is 0 Å². The Bertz CT molecular complexity index is 757. The summed E-state index contributed by atoms with van der Waals surface area (Å²) >= 11 is 0. The Balaban J connectivity index is 1.65. The number of hydrogen-bond acceptors (Lipinski definition) is 4. The lowest BCUT2D eigenvalue weighted by atomic mass is 9.54. The molecule has 1 heterocycles. The minimum Gasteiger partial charge on any atom is -0.378 e. The van der Waals surface area contributed by atoms with Gasteiger partial charge in [-0.3, -0.25) is 4.79 Å². The monoisotopic (exact) mass is 356 g/mol. The molecule has 0 aliphatic heterocycles. The molecule has 2 atom stereocenters. The highest BCUT2D eigenvalue weighted by Crippen LogP contribution is 2.49. The van der Waals surface area contributed by atoms with Crippen LogP contribution < -0.4 is 11.1 Å². The van der Waals surface area contributed by atoms with Crippen LogP contribution in [0.5, 0.6) is 0 Å². The fraction of sp³-hybridized carbons (Fsp3) is 0.500. The number of nitrogens with two attached hydrogens (primary N) is 1. The fourth-order valence-corrected chi connectivity index (χ4v) is 3.61. The number of amides is 1. The molecule has 2 unspecified atom stereocenters. The quantitative estimate of drug-likeness (QED) is 0.796. The van der Waals surface area contributed by atoms with Gasteiger partial charge in [-0.25, -0.2) is 4.98 Å². The molecule has 0 radical (unpaired) electrons. The number of ether oxygens (including phenoxy) is 1. The number of nitrogens with zero attached hydrogens (tertiary/aromatic N) is 2. The maximum absolute atomic E-state index is 12.8. The molecule has 0 spiro atoms. The number of benzene rings is 1. The van der Waals surface area contributed by atoms with Crippen molar-refractivity contribution in [3.8, 4) is 0 Å². The predicted octanol–water partition coefficient (Wildman–Crippen LogP) is 2.08. The van der Waals surface area contributed by atoms with Gasteiger partial charge in [0.25, 0.3) is 0 Å². The van der Waals surface area contributed by atoms with E-state index >= 15 is 0 Å². The van der Waals surface area contributed by atoms with Crippen molar-refractivity contribution in [1.82, 2.24) is 14.9 Å². The standard InChI is InChI=1S/C20H28N4O2/c1-4-26-17-11-20(21,19(17,2)3)18(25)23-12-15-7-5-6-8-16(15)13-24-10-9-22-14-24/h5-10,14,17H,4,11-13,21H2,1-3H3,(H,23,25). The van der Waals surface area contributed by atoms with Gasteiger partial charge in [-0.1, -0.05) is 38.1 Å². The van der Waals surface area contributed by atoms with Crippen molar-refractivity contribution in [2.75, 3.05) is 6.61 Å². The first-order chi connectivity index (χ1) is 12.4. The van der Waals surface area contributed by atoms with Gasteiger partial charge in [-0.15, -0.1) is 0 Å². The van der Waals surface area contributed by atoms with Gasteiger partial charge < -0.3 is 20.4 Å². The van der Waals surface area contributed by atoms with Gasteiger partial charge in [-0.05, 0) is 18.1 Å². The molecular formula is C20H28N4O2. The van der Waals surface area contributed by atoms with Crippen LogP contribution in [0.4, 0.5) is 0 Å². The first-order valence-electron chi connectivity index (χ1n) is 9.10. The average molecular weight is 356 g/mol. The van der Waals surface area contributed by atoms with Crippen LogP contribution in [0.3, 0.4) is 0 Å². The van der Waals surface area contributed by atoms with E-state index in [2.05, 4.69) is 16.4 Å². The third kappa shape index (κ3) is 3.27. The zero-order chi connectivity index (χ0) is 18.8. The number of rotatable bonds is 7. The summed E-state index contributed by atoms with van der Waals surface area (Å²) in [5, 5.41) is 3.04. The maximum atomic E-state index is 12.8. The number of imidazole rings is 1. The highest BCUT2D eigenvalue weighted by molar-refractivity contribution is 5.88. The van der Waals surface area contributed by atoms with E-state index in [9.17, 15) is 4.79 Å². The van der Waals surface area contributed by atoms with Crippen molar-refractivity contribution in [2.45, 2.75) is 51.9 Å². The molecule has 1 aromatic carbocycles. The van der Waals surface area contributed by atoms with Crippen molar-refractivity contribution in [3.63, 3.8) is 0 Å². The minimum absolute atomic E-state index is 0.0248. The molecule has 1 aromatic heterocycles. The minimum atomic E-state index is -0.897. The van der Waals surface area contributed by atoms with Crippen LogP contribution in [0.25, 0.3) is 0 Å². The van der Waals surface area contributed by atoms with Gasteiger partial charge in [0.1, 0.15) is 5.54 Å². The lowest BCUT2D eigenvalue weighted by molar-refractivity contribution is -0.170. The summed E-state index contributed by atoms with van der Waals surface area (Å²) in [6.07, 6.45) is 6.05. The number of carbonyl (C=O) groups is 1. The smallest absolute Gasteiger partial charge is 0.241 e. The summed E-state index contributed by atoms with van der Waals surface area (Å²) in [5.74, 6) is -0.115. The highest BCUT2D eigenvalue weighted by Gasteiger charge is 2.62. The van der Waals surface area contributed by atoms with Gasteiger partial charge in [0.05, 0.1) is 12.4 Å². The van der Waals surface area contributed by atoms with Crippen LogP contribution in [-0.2, 0) is 22.6 Å². The summed E-state index contributed by atoms with van der Waals surface area (Å²) in [7, 11) is 0. The van der Waals surface area contributed by atoms with E-state index in [1.165, 1.54) is 0 Å².